The van der Waals surface area contributed by atoms with E-state index < -0.39 is 11.9 Å². The normalized spacial score (nSPS) is 10.6. The summed E-state index contributed by atoms with van der Waals surface area (Å²) in [6.07, 6.45) is 3.84. The van der Waals surface area contributed by atoms with Crippen LogP contribution in [0.5, 0.6) is 17.2 Å². The van der Waals surface area contributed by atoms with Crippen LogP contribution in [0.3, 0.4) is 0 Å². The van der Waals surface area contributed by atoms with E-state index in [-0.39, 0.29) is 22.9 Å². The van der Waals surface area contributed by atoms with E-state index in [0.717, 1.165) is 5.56 Å². The third-order valence-corrected chi connectivity index (χ3v) is 5.27. The highest BCUT2D eigenvalue weighted by Gasteiger charge is 2.16. The molecular weight excluding hydrogens is 503 g/mol. The van der Waals surface area contributed by atoms with Gasteiger partial charge in [-0.1, -0.05) is 47.5 Å². The molecule has 0 radical (unpaired) electrons. The third-order valence-electron chi connectivity index (χ3n) is 4.72. The minimum atomic E-state index is -0.652. The summed E-state index contributed by atoms with van der Waals surface area (Å²) in [5.41, 5.74) is 4.14. The molecule has 3 rings (SSSR count). The number of carbonyl (C=O) groups excluding carboxylic acids is 2. The van der Waals surface area contributed by atoms with E-state index in [0.29, 0.717) is 35.1 Å². The number of allylic oxidation sites excluding steroid dienone is 1. The predicted molar refractivity (Wildman–Crippen MR) is 141 cm³/mol. The van der Waals surface area contributed by atoms with Gasteiger partial charge in [-0.3, -0.25) is 4.79 Å². The van der Waals surface area contributed by atoms with Crippen molar-refractivity contribution in [2.24, 2.45) is 5.10 Å². The number of hydrogen-bond acceptors (Lipinski definition) is 6. The predicted octanol–water partition coefficient (Wildman–Crippen LogP) is 5.87. The van der Waals surface area contributed by atoms with E-state index in [1.807, 2.05) is 18.2 Å². The van der Waals surface area contributed by atoms with Crippen LogP contribution in [-0.2, 0) is 11.2 Å². The van der Waals surface area contributed by atoms with Crippen LogP contribution in [0.25, 0.3) is 0 Å². The Kier molecular flexibility index (Phi) is 9.92. The van der Waals surface area contributed by atoms with Gasteiger partial charge < -0.3 is 14.2 Å². The summed E-state index contributed by atoms with van der Waals surface area (Å²) in [5, 5.41) is 4.55. The van der Waals surface area contributed by atoms with Crippen molar-refractivity contribution >= 4 is 41.3 Å². The lowest BCUT2D eigenvalue weighted by molar-refractivity contribution is -0.123. The summed E-state index contributed by atoms with van der Waals surface area (Å²) in [6, 6.07) is 16.8. The van der Waals surface area contributed by atoms with Crippen LogP contribution in [0, 0.1) is 0 Å². The molecule has 1 N–H and O–H groups in total. The average molecular weight is 527 g/mol. The Morgan fingerprint density at radius 2 is 1.81 bits per heavy atom. The number of halogens is 2. The monoisotopic (exact) mass is 526 g/mol. The Balaban J connectivity index is 1.61. The molecule has 9 heteroatoms. The molecule has 0 fully saturated rings. The van der Waals surface area contributed by atoms with Crippen molar-refractivity contribution in [1.29, 1.82) is 0 Å². The van der Waals surface area contributed by atoms with Crippen molar-refractivity contribution in [3.8, 4) is 17.2 Å². The lowest BCUT2D eigenvalue weighted by Crippen LogP contribution is -2.24. The number of amides is 1. The molecule has 0 saturated carbocycles. The molecule has 0 aliphatic carbocycles. The standard InChI is InChI=1S/C27H24Cl2N2O5/c1-3-7-19-8-5-6-9-23(19)35-17-26(32)31-30-16-18-10-13-24(25(14-18)34-4-2)36-27(33)21-12-11-20(28)15-22(21)29/h3,5-6,8-16H,1,4,7,17H2,2H3,(H,31,32)/b30-16-. The maximum atomic E-state index is 12.6. The van der Waals surface area contributed by atoms with Gasteiger partial charge in [-0.2, -0.15) is 5.10 Å². The number of benzene rings is 3. The Morgan fingerprint density at radius 3 is 2.56 bits per heavy atom. The summed E-state index contributed by atoms with van der Waals surface area (Å²) in [4.78, 5) is 24.7. The highest BCUT2D eigenvalue weighted by Crippen LogP contribution is 2.30. The molecule has 0 spiro atoms. The van der Waals surface area contributed by atoms with Crippen molar-refractivity contribution in [3.05, 3.63) is 100 Å². The SMILES string of the molecule is C=CCc1ccccc1OCC(=O)N/N=C\c1ccc(OC(=O)c2ccc(Cl)cc2Cl)c(OCC)c1. The highest BCUT2D eigenvalue weighted by atomic mass is 35.5. The first kappa shape index (κ1) is 26.8. The van der Waals surface area contributed by atoms with E-state index >= 15 is 0 Å². The van der Waals surface area contributed by atoms with Gasteiger partial charge in [0.15, 0.2) is 18.1 Å². The average Bonchev–Trinajstić information content (AvgIpc) is 2.85. The van der Waals surface area contributed by atoms with Crippen molar-refractivity contribution in [3.63, 3.8) is 0 Å². The summed E-state index contributed by atoms with van der Waals surface area (Å²) in [7, 11) is 0. The molecular formula is C27H24Cl2N2O5. The van der Waals surface area contributed by atoms with E-state index in [4.69, 9.17) is 37.4 Å². The van der Waals surface area contributed by atoms with Crippen molar-refractivity contribution in [2.75, 3.05) is 13.2 Å². The van der Waals surface area contributed by atoms with Gasteiger partial charge in [0.1, 0.15) is 5.75 Å². The zero-order valence-corrected chi connectivity index (χ0v) is 21.0. The van der Waals surface area contributed by atoms with Crippen molar-refractivity contribution in [1.82, 2.24) is 5.43 Å². The minimum absolute atomic E-state index is 0.172. The lowest BCUT2D eigenvalue weighted by Gasteiger charge is -2.12. The van der Waals surface area contributed by atoms with Gasteiger partial charge in [0, 0.05) is 5.02 Å². The first-order valence-corrected chi connectivity index (χ1v) is 11.7. The smallest absolute Gasteiger partial charge is 0.345 e. The first-order chi connectivity index (χ1) is 17.4. The van der Waals surface area contributed by atoms with Crippen molar-refractivity contribution in [2.45, 2.75) is 13.3 Å². The molecule has 1 amide bonds. The van der Waals surface area contributed by atoms with E-state index in [9.17, 15) is 9.59 Å². The second-order valence-corrected chi connectivity index (χ2v) is 8.18. The zero-order chi connectivity index (χ0) is 25.9. The number of hydrogen-bond donors (Lipinski definition) is 1. The van der Waals surface area contributed by atoms with Crippen LogP contribution in [0.4, 0.5) is 0 Å². The largest absolute Gasteiger partial charge is 0.490 e. The molecule has 0 aliphatic rings. The maximum absolute atomic E-state index is 12.6. The second kappa shape index (κ2) is 13.3. The first-order valence-electron chi connectivity index (χ1n) is 11.0. The van der Waals surface area contributed by atoms with Gasteiger partial charge in [0.05, 0.1) is 23.4 Å². The number of hydrazone groups is 1. The van der Waals surface area contributed by atoms with Gasteiger partial charge in [-0.25, -0.2) is 10.2 Å². The molecule has 7 nitrogen and oxygen atoms in total. The second-order valence-electron chi connectivity index (χ2n) is 7.34. The number of nitrogens with zero attached hydrogens (tertiary/aromatic N) is 1. The number of rotatable bonds is 11. The Morgan fingerprint density at radius 1 is 1.00 bits per heavy atom. The van der Waals surface area contributed by atoms with Crippen LogP contribution in [0.2, 0.25) is 10.0 Å². The van der Waals surface area contributed by atoms with Crippen LogP contribution in [0.15, 0.2) is 78.4 Å². The number of esters is 1. The van der Waals surface area contributed by atoms with E-state index in [1.165, 1.54) is 18.3 Å². The molecule has 186 valence electrons. The van der Waals surface area contributed by atoms with E-state index in [1.54, 1.807) is 43.3 Å². The molecule has 0 bridgehead atoms. The highest BCUT2D eigenvalue weighted by molar-refractivity contribution is 6.36. The van der Waals surface area contributed by atoms with Gasteiger partial charge in [0.2, 0.25) is 0 Å². The molecule has 3 aromatic rings. The van der Waals surface area contributed by atoms with Gasteiger partial charge in [-0.15, -0.1) is 6.58 Å². The quantitative estimate of drug-likeness (QED) is 0.111. The number of para-hydroxylation sites is 1. The number of nitrogens with one attached hydrogen (secondary N) is 1. The molecule has 0 saturated heterocycles. The molecule has 0 atom stereocenters. The fourth-order valence-corrected chi connectivity index (χ4v) is 3.58. The summed E-state index contributed by atoms with van der Waals surface area (Å²) < 4.78 is 16.7. The topological polar surface area (TPSA) is 86.2 Å². The van der Waals surface area contributed by atoms with Crippen LogP contribution in [0.1, 0.15) is 28.4 Å². The maximum Gasteiger partial charge on any atom is 0.345 e. The Hall–Kier alpha value is -3.81. The van der Waals surface area contributed by atoms with Gasteiger partial charge >= 0.3 is 5.97 Å². The van der Waals surface area contributed by atoms with Crippen LogP contribution < -0.4 is 19.6 Å². The molecule has 0 heterocycles. The zero-order valence-electron chi connectivity index (χ0n) is 19.5. The molecule has 0 aliphatic heterocycles. The molecule has 36 heavy (non-hydrogen) atoms. The number of carbonyl (C=O) groups is 2. The Labute approximate surface area is 219 Å². The molecule has 3 aromatic carbocycles. The van der Waals surface area contributed by atoms with Crippen LogP contribution >= 0.6 is 23.2 Å². The van der Waals surface area contributed by atoms with Gasteiger partial charge in [0.25, 0.3) is 5.91 Å². The fraction of sp³-hybridized carbons (Fsp3) is 0.148. The van der Waals surface area contributed by atoms with Crippen molar-refractivity contribution < 1.29 is 23.8 Å². The lowest BCUT2D eigenvalue weighted by atomic mass is 10.1. The number of ether oxygens (including phenoxy) is 3. The van der Waals surface area contributed by atoms with Gasteiger partial charge in [-0.05, 0) is 66.9 Å². The minimum Gasteiger partial charge on any atom is -0.490 e. The Bertz CT molecular complexity index is 1280. The third kappa shape index (κ3) is 7.60. The summed E-state index contributed by atoms with van der Waals surface area (Å²) in [6.45, 7) is 5.67. The summed E-state index contributed by atoms with van der Waals surface area (Å²) in [5.74, 6) is 0.0768. The van der Waals surface area contributed by atoms with E-state index in [2.05, 4.69) is 17.1 Å². The fourth-order valence-electron chi connectivity index (χ4n) is 3.09. The molecule has 0 unspecified atom stereocenters. The summed E-state index contributed by atoms with van der Waals surface area (Å²) >= 11 is 12.0. The van der Waals surface area contributed by atoms with Crippen LogP contribution in [-0.4, -0.2) is 31.3 Å². The molecule has 0 aromatic heterocycles.